The van der Waals surface area contributed by atoms with Crippen LogP contribution in [0.1, 0.15) is 47.7 Å². The van der Waals surface area contributed by atoms with Gasteiger partial charge in [0.1, 0.15) is 5.69 Å². The van der Waals surface area contributed by atoms with Crippen LogP contribution >= 0.6 is 0 Å². The predicted molar refractivity (Wildman–Crippen MR) is 76.8 cm³/mol. The molecule has 1 fully saturated rings. The average Bonchev–Trinajstić information content (AvgIpc) is 3.15. The zero-order chi connectivity index (χ0) is 14.8. The van der Waals surface area contributed by atoms with Gasteiger partial charge in [-0.15, -0.1) is 0 Å². The molecule has 0 saturated heterocycles. The van der Waals surface area contributed by atoms with E-state index >= 15 is 0 Å². The first-order valence-corrected chi connectivity index (χ1v) is 6.99. The van der Waals surface area contributed by atoms with E-state index in [1.165, 1.54) is 10.7 Å². The van der Waals surface area contributed by atoms with Crippen LogP contribution in [0, 0.1) is 10.1 Å². The SMILES string of the molecule is O=Cc1cn(-c2ccccc2[N+](=O)[O-])nc1C1CCCC1. The topological polar surface area (TPSA) is 78.0 Å². The Labute approximate surface area is 121 Å². The molecule has 1 aromatic heterocycles. The van der Waals surface area contributed by atoms with Crippen LogP contribution in [0.5, 0.6) is 0 Å². The molecule has 0 spiro atoms. The molecule has 6 nitrogen and oxygen atoms in total. The number of nitro benzene ring substituents is 1. The van der Waals surface area contributed by atoms with Crippen molar-refractivity contribution in [1.82, 2.24) is 9.78 Å². The average molecular weight is 285 g/mol. The van der Waals surface area contributed by atoms with Gasteiger partial charge in [-0.25, -0.2) is 4.68 Å². The fourth-order valence-corrected chi connectivity index (χ4v) is 2.94. The molecule has 1 saturated carbocycles. The Morgan fingerprint density at radius 2 is 2.00 bits per heavy atom. The van der Waals surface area contributed by atoms with E-state index in [0.29, 0.717) is 11.3 Å². The van der Waals surface area contributed by atoms with Crippen molar-refractivity contribution in [2.45, 2.75) is 31.6 Å². The number of para-hydroxylation sites is 2. The standard InChI is InChI=1S/C15H15N3O3/c19-10-12-9-17(16-15(12)11-5-1-2-6-11)13-7-3-4-8-14(13)18(20)21/h3-4,7-11H,1-2,5-6H2. The van der Waals surface area contributed by atoms with Crippen molar-refractivity contribution in [2.75, 3.05) is 0 Å². The fourth-order valence-electron chi connectivity index (χ4n) is 2.94. The van der Waals surface area contributed by atoms with Crippen LogP contribution in [0.2, 0.25) is 0 Å². The molecule has 0 atom stereocenters. The lowest BCUT2D eigenvalue weighted by Gasteiger charge is -2.06. The summed E-state index contributed by atoms with van der Waals surface area (Å²) in [7, 11) is 0. The van der Waals surface area contributed by atoms with Crippen LogP contribution in [-0.4, -0.2) is 21.0 Å². The van der Waals surface area contributed by atoms with E-state index in [0.717, 1.165) is 37.7 Å². The summed E-state index contributed by atoms with van der Waals surface area (Å²) in [4.78, 5) is 21.9. The second-order valence-corrected chi connectivity index (χ2v) is 5.26. The van der Waals surface area contributed by atoms with Gasteiger partial charge < -0.3 is 0 Å². The van der Waals surface area contributed by atoms with Gasteiger partial charge in [0.25, 0.3) is 5.69 Å². The van der Waals surface area contributed by atoms with Crippen LogP contribution in [0.4, 0.5) is 5.69 Å². The Morgan fingerprint density at radius 3 is 2.67 bits per heavy atom. The van der Waals surface area contributed by atoms with Crippen molar-refractivity contribution < 1.29 is 9.72 Å². The Morgan fingerprint density at radius 1 is 1.29 bits per heavy atom. The first kappa shape index (κ1) is 13.5. The highest BCUT2D eigenvalue weighted by Gasteiger charge is 2.24. The molecule has 2 aromatic rings. The van der Waals surface area contributed by atoms with Crippen molar-refractivity contribution in [1.29, 1.82) is 0 Å². The summed E-state index contributed by atoms with van der Waals surface area (Å²) in [5.41, 5.74) is 1.66. The van der Waals surface area contributed by atoms with E-state index in [1.807, 2.05) is 0 Å². The van der Waals surface area contributed by atoms with Gasteiger partial charge in [-0.1, -0.05) is 25.0 Å². The molecule has 0 bridgehead atoms. The van der Waals surface area contributed by atoms with Crippen molar-refractivity contribution in [3.63, 3.8) is 0 Å². The van der Waals surface area contributed by atoms with Gasteiger partial charge >= 0.3 is 0 Å². The van der Waals surface area contributed by atoms with Crippen molar-refractivity contribution >= 4 is 12.0 Å². The molecule has 6 heteroatoms. The highest BCUT2D eigenvalue weighted by atomic mass is 16.6. The normalized spacial score (nSPS) is 15.2. The fraction of sp³-hybridized carbons (Fsp3) is 0.333. The molecular formula is C15H15N3O3. The highest BCUT2D eigenvalue weighted by Crippen LogP contribution is 2.35. The molecule has 0 unspecified atom stereocenters. The lowest BCUT2D eigenvalue weighted by Crippen LogP contribution is -2.02. The number of nitrogens with zero attached hydrogens (tertiary/aromatic N) is 3. The number of hydrogen-bond donors (Lipinski definition) is 0. The zero-order valence-electron chi connectivity index (χ0n) is 11.4. The number of hydrogen-bond acceptors (Lipinski definition) is 4. The maximum Gasteiger partial charge on any atom is 0.294 e. The van der Waals surface area contributed by atoms with E-state index in [4.69, 9.17) is 0 Å². The molecule has 0 aliphatic heterocycles. The van der Waals surface area contributed by atoms with E-state index < -0.39 is 4.92 Å². The van der Waals surface area contributed by atoms with Crippen LogP contribution in [0.25, 0.3) is 5.69 Å². The molecule has 1 aliphatic carbocycles. The number of aldehydes is 1. The Hall–Kier alpha value is -2.50. The number of carbonyl (C=O) groups is 1. The Balaban J connectivity index is 2.07. The van der Waals surface area contributed by atoms with Gasteiger partial charge in [-0.3, -0.25) is 14.9 Å². The summed E-state index contributed by atoms with van der Waals surface area (Å²) in [6, 6.07) is 6.41. The first-order chi connectivity index (χ1) is 10.2. The van der Waals surface area contributed by atoms with E-state index in [-0.39, 0.29) is 11.6 Å². The molecule has 0 amide bonds. The molecular weight excluding hydrogens is 270 g/mol. The van der Waals surface area contributed by atoms with Gasteiger partial charge in [0.2, 0.25) is 0 Å². The van der Waals surface area contributed by atoms with Crippen molar-refractivity contribution in [3.05, 3.63) is 51.8 Å². The molecule has 1 aromatic carbocycles. The number of carbonyl (C=O) groups excluding carboxylic acids is 1. The molecule has 1 heterocycles. The third-order valence-electron chi connectivity index (χ3n) is 3.97. The molecule has 1 aliphatic rings. The third-order valence-corrected chi connectivity index (χ3v) is 3.97. The lowest BCUT2D eigenvalue weighted by atomic mass is 10.0. The first-order valence-electron chi connectivity index (χ1n) is 6.99. The van der Waals surface area contributed by atoms with Crippen LogP contribution in [-0.2, 0) is 0 Å². The third kappa shape index (κ3) is 2.44. The number of aromatic nitrogens is 2. The van der Waals surface area contributed by atoms with Crippen LogP contribution in [0.3, 0.4) is 0 Å². The van der Waals surface area contributed by atoms with Gasteiger partial charge in [-0.05, 0) is 18.9 Å². The Bertz CT molecular complexity index is 687. The van der Waals surface area contributed by atoms with Gasteiger partial charge in [0, 0.05) is 18.2 Å². The minimum absolute atomic E-state index is 0.0181. The summed E-state index contributed by atoms with van der Waals surface area (Å²) in [6.45, 7) is 0. The highest BCUT2D eigenvalue weighted by molar-refractivity contribution is 5.76. The summed E-state index contributed by atoms with van der Waals surface area (Å²) in [6.07, 6.45) is 6.70. The molecule has 3 rings (SSSR count). The predicted octanol–water partition coefficient (Wildman–Crippen LogP) is 3.25. The van der Waals surface area contributed by atoms with Crippen LogP contribution < -0.4 is 0 Å². The zero-order valence-corrected chi connectivity index (χ0v) is 11.4. The second-order valence-electron chi connectivity index (χ2n) is 5.26. The summed E-state index contributed by atoms with van der Waals surface area (Å²) >= 11 is 0. The number of rotatable bonds is 4. The minimum Gasteiger partial charge on any atom is -0.298 e. The van der Waals surface area contributed by atoms with Crippen LogP contribution in [0.15, 0.2) is 30.5 Å². The van der Waals surface area contributed by atoms with Gasteiger partial charge in [0.05, 0.1) is 16.2 Å². The van der Waals surface area contributed by atoms with E-state index in [9.17, 15) is 14.9 Å². The Kier molecular flexibility index (Phi) is 3.51. The van der Waals surface area contributed by atoms with Gasteiger partial charge in [-0.2, -0.15) is 5.10 Å². The smallest absolute Gasteiger partial charge is 0.294 e. The van der Waals surface area contributed by atoms with Crippen molar-refractivity contribution in [3.8, 4) is 5.69 Å². The maximum atomic E-state index is 11.3. The number of nitro groups is 1. The molecule has 108 valence electrons. The molecule has 0 radical (unpaired) electrons. The minimum atomic E-state index is -0.438. The number of benzene rings is 1. The summed E-state index contributed by atoms with van der Waals surface area (Å²) in [5.74, 6) is 0.286. The summed E-state index contributed by atoms with van der Waals surface area (Å²) in [5, 5.41) is 15.6. The van der Waals surface area contributed by atoms with E-state index in [2.05, 4.69) is 5.10 Å². The monoisotopic (exact) mass is 285 g/mol. The second kappa shape index (κ2) is 5.47. The quantitative estimate of drug-likeness (QED) is 0.490. The van der Waals surface area contributed by atoms with Gasteiger partial charge in [0.15, 0.2) is 6.29 Å². The molecule has 21 heavy (non-hydrogen) atoms. The summed E-state index contributed by atoms with van der Waals surface area (Å²) < 4.78 is 1.45. The van der Waals surface area contributed by atoms with E-state index in [1.54, 1.807) is 24.4 Å². The maximum absolute atomic E-state index is 11.3. The lowest BCUT2D eigenvalue weighted by molar-refractivity contribution is -0.384. The largest absolute Gasteiger partial charge is 0.298 e. The van der Waals surface area contributed by atoms with Crippen molar-refractivity contribution in [2.24, 2.45) is 0 Å². The molecule has 0 N–H and O–H groups in total.